The first-order valence-corrected chi connectivity index (χ1v) is 13.4. The molecule has 0 heterocycles. The van der Waals surface area contributed by atoms with E-state index in [1.807, 2.05) is 0 Å². The molecule has 0 atom stereocenters. The third kappa shape index (κ3) is 23.1. The molecule has 0 unspecified atom stereocenters. The molecular formula is C24H50ClI. The minimum absolute atomic E-state index is 0.558. The lowest BCUT2D eigenvalue weighted by Crippen LogP contribution is -2.10. The number of rotatable bonds is 16. The van der Waals surface area contributed by atoms with Gasteiger partial charge in [0.1, 0.15) is 0 Å². The van der Waals surface area contributed by atoms with Gasteiger partial charge in [-0.1, -0.05) is 115 Å². The van der Waals surface area contributed by atoms with Crippen LogP contribution < -0.4 is 0 Å². The molecule has 0 rings (SSSR count). The Labute approximate surface area is 186 Å². The van der Waals surface area contributed by atoms with E-state index in [1.165, 1.54) is 94.3 Å². The van der Waals surface area contributed by atoms with Crippen LogP contribution >= 0.6 is 34.2 Å². The Morgan fingerprint density at radius 2 is 0.962 bits per heavy atom. The van der Waals surface area contributed by atoms with Crippen LogP contribution in [0, 0.1) is 10.8 Å². The van der Waals surface area contributed by atoms with Gasteiger partial charge in [-0.2, -0.15) is 0 Å². The number of unbranched alkanes of at least 4 members (excludes halogenated alkanes) is 6. The van der Waals surface area contributed by atoms with Gasteiger partial charge in [0.05, 0.1) is 0 Å². The molecule has 0 aliphatic rings. The van der Waals surface area contributed by atoms with Gasteiger partial charge >= 0.3 is 0 Å². The first-order chi connectivity index (χ1) is 12.2. The Balaban J connectivity index is 0. The zero-order valence-electron chi connectivity index (χ0n) is 19.1. The second-order valence-electron chi connectivity index (χ2n) is 9.53. The van der Waals surface area contributed by atoms with E-state index in [0.29, 0.717) is 10.8 Å². The van der Waals surface area contributed by atoms with E-state index in [1.54, 1.807) is 0 Å². The van der Waals surface area contributed by atoms with E-state index in [-0.39, 0.29) is 0 Å². The first-order valence-electron chi connectivity index (χ1n) is 11.4. The van der Waals surface area contributed by atoms with Crippen LogP contribution in [0.5, 0.6) is 0 Å². The molecule has 0 bridgehead atoms. The largest absolute Gasteiger partial charge is 0.127 e. The van der Waals surface area contributed by atoms with E-state index in [0.717, 1.165) is 5.88 Å². The molecule has 26 heavy (non-hydrogen) atoms. The van der Waals surface area contributed by atoms with Crippen molar-refractivity contribution < 1.29 is 0 Å². The van der Waals surface area contributed by atoms with Crippen molar-refractivity contribution in [3.05, 3.63) is 0 Å². The topological polar surface area (TPSA) is 0 Å². The van der Waals surface area contributed by atoms with E-state index in [2.05, 4.69) is 64.1 Å². The number of halogens is 2. The SMILES string of the molecule is CCCCC(C)(C)CCCCCCl.CCCCC(C)(C)CCCCCI. The van der Waals surface area contributed by atoms with Crippen molar-refractivity contribution in [2.75, 3.05) is 10.3 Å². The number of hydrogen-bond donors (Lipinski definition) is 0. The van der Waals surface area contributed by atoms with Crippen molar-refractivity contribution in [1.29, 1.82) is 0 Å². The fourth-order valence-corrected chi connectivity index (χ4v) is 4.04. The molecule has 2 heteroatoms. The second kappa shape index (κ2) is 19.3. The molecule has 160 valence electrons. The summed E-state index contributed by atoms with van der Waals surface area (Å²) >= 11 is 8.11. The maximum Gasteiger partial charge on any atom is 0.0223 e. The van der Waals surface area contributed by atoms with Crippen molar-refractivity contribution in [1.82, 2.24) is 0 Å². The van der Waals surface area contributed by atoms with Gasteiger partial charge in [0, 0.05) is 5.88 Å². The molecule has 0 aliphatic heterocycles. The minimum atomic E-state index is 0.558. The van der Waals surface area contributed by atoms with Gasteiger partial charge in [-0.15, -0.1) is 11.6 Å². The van der Waals surface area contributed by atoms with Gasteiger partial charge in [0.2, 0.25) is 0 Å². The third-order valence-corrected chi connectivity index (χ3v) is 6.42. The molecule has 0 amide bonds. The summed E-state index contributed by atoms with van der Waals surface area (Å²) in [5.41, 5.74) is 1.16. The fraction of sp³-hybridized carbons (Fsp3) is 1.00. The normalized spacial score (nSPS) is 12.0. The predicted molar refractivity (Wildman–Crippen MR) is 133 cm³/mol. The summed E-state index contributed by atoms with van der Waals surface area (Å²) in [5.74, 6) is 0.829. The lowest BCUT2D eigenvalue weighted by Gasteiger charge is -2.24. The summed E-state index contributed by atoms with van der Waals surface area (Å²) in [7, 11) is 0. The van der Waals surface area contributed by atoms with Crippen LogP contribution in [0.4, 0.5) is 0 Å². The first kappa shape index (κ1) is 29.2. The summed E-state index contributed by atoms with van der Waals surface area (Å²) in [6.45, 7) is 14.2. The molecule has 0 aliphatic carbocycles. The van der Waals surface area contributed by atoms with Crippen molar-refractivity contribution in [2.24, 2.45) is 10.8 Å². The van der Waals surface area contributed by atoms with Crippen LogP contribution in [-0.2, 0) is 0 Å². The van der Waals surface area contributed by atoms with Crippen LogP contribution in [0.25, 0.3) is 0 Å². The molecule has 0 fully saturated rings. The van der Waals surface area contributed by atoms with E-state index in [9.17, 15) is 0 Å². The highest BCUT2D eigenvalue weighted by Crippen LogP contribution is 2.30. The van der Waals surface area contributed by atoms with E-state index < -0.39 is 0 Å². The van der Waals surface area contributed by atoms with Gasteiger partial charge in [-0.05, 0) is 53.8 Å². The Bertz CT molecular complexity index is 245. The molecule has 0 aromatic carbocycles. The summed E-state index contributed by atoms with van der Waals surface area (Å²) < 4.78 is 1.33. The molecule has 0 radical (unpaired) electrons. The van der Waals surface area contributed by atoms with Crippen molar-refractivity contribution in [3.63, 3.8) is 0 Å². The van der Waals surface area contributed by atoms with Crippen LogP contribution in [0.15, 0.2) is 0 Å². The molecule has 0 saturated carbocycles. The molecule has 0 aromatic heterocycles. The highest BCUT2D eigenvalue weighted by Gasteiger charge is 2.16. The molecule has 0 saturated heterocycles. The Hall–Kier alpha value is 1.02. The van der Waals surface area contributed by atoms with Crippen LogP contribution in [0.3, 0.4) is 0 Å². The smallest absolute Gasteiger partial charge is 0.0223 e. The maximum atomic E-state index is 5.64. The molecule has 0 spiro atoms. The summed E-state index contributed by atoms with van der Waals surface area (Å²) in [5, 5.41) is 0. The quantitative estimate of drug-likeness (QED) is 0.112. The van der Waals surface area contributed by atoms with E-state index in [4.69, 9.17) is 11.6 Å². The number of hydrogen-bond acceptors (Lipinski definition) is 0. The Morgan fingerprint density at radius 1 is 0.577 bits per heavy atom. The van der Waals surface area contributed by atoms with Crippen LogP contribution in [0.2, 0.25) is 0 Å². The van der Waals surface area contributed by atoms with Gasteiger partial charge in [0.15, 0.2) is 0 Å². The Kier molecular flexibility index (Phi) is 21.7. The van der Waals surface area contributed by atoms with Gasteiger partial charge in [0.25, 0.3) is 0 Å². The van der Waals surface area contributed by atoms with Crippen molar-refractivity contribution >= 4 is 34.2 Å². The molecule has 0 aromatic rings. The monoisotopic (exact) mass is 500 g/mol. The predicted octanol–water partition coefficient (Wildman–Crippen LogP) is 10.2. The van der Waals surface area contributed by atoms with Crippen molar-refractivity contribution in [3.8, 4) is 0 Å². The molecule has 0 nitrogen and oxygen atoms in total. The highest BCUT2D eigenvalue weighted by molar-refractivity contribution is 14.1. The highest BCUT2D eigenvalue weighted by atomic mass is 127. The van der Waals surface area contributed by atoms with Crippen LogP contribution in [0.1, 0.15) is 131 Å². The summed E-state index contributed by atoms with van der Waals surface area (Å²) in [6, 6.07) is 0. The standard InChI is InChI=1S/C12H25Cl.C12H25I/c2*1-4-5-9-12(2,3)10-7-6-8-11-13/h2*4-11H2,1-3H3. The van der Waals surface area contributed by atoms with E-state index >= 15 is 0 Å². The maximum absolute atomic E-state index is 5.64. The number of alkyl halides is 2. The zero-order valence-corrected chi connectivity index (χ0v) is 22.0. The summed E-state index contributed by atoms with van der Waals surface area (Å²) in [6.07, 6.45) is 19.1. The lowest BCUT2D eigenvalue weighted by molar-refractivity contribution is 0.286. The summed E-state index contributed by atoms with van der Waals surface area (Å²) in [4.78, 5) is 0. The zero-order chi connectivity index (χ0) is 20.3. The van der Waals surface area contributed by atoms with Crippen molar-refractivity contribution in [2.45, 2.75) is 131 Å². The van der Waals surface area contributed by atoms with Gasteiger partial charge in [-0.25, -0.2) is 0 Å². The van der Waals surface area contributed by atoms with Crippen LogP contribution in [-0.4, -0.2) is 10.3 Å². The third-order valence-electron chi connectivity index (χ3n) is 5.39. The van der Waals surface area contributed by atoms with Gasteiger partial charge in [-0.3, -0.25) is 0 Å². The Morgan fingerprint density at radius 3 is 1.31 bits per heavy atom. The lowest BCUT2D eigenvalue weighted by atomic mass is 9.82. The molecular weight excluding hydrogens is 451 g/mol. The minimum Gasteiger partial charge on any atom is -0.127 e. The fourth-order valence-electron chi connectivity index (χ4n) is 3.31. The molecule has 0 N–H and O–H groups in total. The second-order valence-corrected chi connectivity index (χ2v) is 11.0. The average molecular weight is 501 g/mol. The average Bonchev–Trinajstić information content (AvgIpc) is 2.60. The van der Waals surface area contributed by atoms with Gasteiger partial charge < -0.3 is 0 Å².